The maximum atomic E-state index is 11.6. The lowest BCUT2D eigenvalue weighted by molar-refractivity contribution is -0.122. The van der Waals surface area contributed by atoms with E-state index in [0.29, 0.717) is 32.0 Å². The number of hydrogen-bond donors (Lipinski definition) is 3. The highest BCUT2D eigenvalue weighted by atomic mass is 79.9. The van der Waals surface area contributed by atoms with Crippen LogP contribution in [0.5, 0.6) is 0 Å². The van der Waals surface area contributed by atoms with Gasteiger partial charge in [-0.15, -0.1) is 0 Å². The third-order valence-corrected chi connectivity index (χ3v) is 3.01. The lowest BCUT2D eigenvalue weighted by Crippen LogP contribution is -2.36. The van der Waals surface area contributed by atoms with Crippen LogP contribution in [0.2, 0.25) is 0 Å². The monoisotopic (exact) mass is 321 g/mol. The number of amides is 2. The Morgan fingerprint density at radius 2 is 1.72 bits per heavy atom. The van der Waals surface area contributed by atoms with Gasteiger partial charge in [0.15, 0.2) is 0 Å². The molecule has 0 radical (unpaired) electrons. The predicted octanol–water partition coefficient (Wildman–Crippen LogP) is 0.625. The van der Waals surface area contributed by atoms with Crippen molar-refractivity contribution in [2.75, 3.05) is 25.0 Å². The molecule has 0 spiro atoms. The molecule has 0 aliphatic heterocycles. The topological polar surface area (TPSA) is 84.2 Å². The summed E-state index contributed by atoms with van der Waals surface area (Å²) < 4.78 is 0. The number of alkyl halides is 1. The fourth-order valence-electron chi connectivity index (χ4n) is 1.72. The van der Waals surface area contributed by atoms with E-state index in [4.69, 9.17) is 5.73 Å². The summed E-state index contributed by atoms with van der Waals surface area (Å²) in [6.45, 7) is 5.68. The summed E-state index contributed by atoms with van der Waals surface area (Å²) in [5.74, 6) is 0.704. The quantitative estimate of drug-likeness (QED) is 0.430. The lowest BCUT2D eigenvalue weighted by atomic mass is 9.94. The van der Waals surface area contributed by atoms with Crippen molar-refractivity contribution >= 4 is 27.7 Å². The Kier molecular flexibility index (Phi) is 9.96. The summed E-state index contributed by atoms with van der Waals surface area (Å²) in [6.07, 6.45) is 1.42. The smallest absolute Gasteiger partial charge is 0.230 e. The second-order valence-corrected chi connectivity index (χ2v) is 5.33. The Morgan fingerprint density at radius 3 is 2.17 bits per heavy atom. The van der Waals surface area contributed by atoms with Crippen molar-refractivity contribution < 1.29 is 9.59 Å². The molecule has 0 saturated carbocycles. The third-order valence-electron chi connectivity index (χ3n) is 2.50. The van der Waals surface area contributed by atoms with Crippen LogP contribution in [-0.2, 0) is 9.59 Å². The van der Waals surface area contributed by atoms with E-state index >= 15 is 0 Å². The summed E-state index contributed by atoms with van der Waals surface area (Å²) in [6, 6.07) is 0. The molecule has 0 fully saturated rings. The van der Waals surface area contributed by atoms with E-state index in [1.165, 1.54) is 0 Å². The van der Waals surface area contributed by atoms with Gasteiger partial charge in [-0.05, 0) is 24.8 Å². The summed E-state index contributed by atoms with van der Waals surface area (Å²) >= 11 is 3.05. The number of carbonyl (C=O) groups is 2. The molecule has 18 heavy (non-hydrogen) atoms. The van der Waals surface area contributed by atoms with Crippen LogP contribution < -0.4 is 16.4 Å². The van der Waals surface area contributed by atoms with E-state index in [-0.39, 0.29) is 23.1 Å². The summed E-state index contributed by atoms with van der Waals surface area (Å²) in [5, 5.41) is 5.72. The third kappa shape index (κ3) is 9.41. The van der Waals surface area contributed by atoms with Gasteiger partial charge in [0.25, 0.3) is 0 Å². The predicted molar refractivity (Wildman–Crippen MR) is 76.4 cm³/mol. The van der Waals surface area contributed by atoms with Gasteiger partial charge in [-0.1, -0.05) is 29.8 Å². The highest BCUT2D eigenvalue weighted by molar-refractivity contribution is 9.09. The Hall–Kier alpha value is -0.620. The van der Waals surface area contributed by atoms with Crippen molar-refractivity contribution in [1.29, 1.82) is 0 Å². The van der Waals surface area contributed by atoms with Gasteiger partial charge in [-0.2, -0.15) is 0 Å². The standard InChI is InChI=1S/C12H24BrN3O2/c1-9(2)5-10(8-14)6-11(17)15-3-4-16-12(18)7-13/h9-10H,3-8,14H2,1-2H3,(H,15,17)(H,16,18)/t10-/m0/s1. The fraction of sp³-hybridized carbons (Fsp3) is 0.833. The van der Waals surface area contributed by atoms with Gasteiger partial charge in [-0.3, -0.25) is 9.59 Å². The zero-order valence-corrected chi connectivity index (χ0v) is 12.8. The van der Waals surface area contributed by atoms with Gasteiger partial charge in [0, 0.05) is 19.5 Å². The van der Waals surface area contributed by atoms with Gasteiger partial charge in [0.1, 0.15) is 0 Å². The first-order valence-electron chi connectivity index (χ1n) is 6.29. The molecule has 0 unspecified atom stereocenters. The molecule has 0 bridgehead atoms. The zero-order chi connectivity index (χ0) is 14.0. The average Bonchev–Trinajstić information content (AvgIpc) is 2.32. The molecular weight excluding hydrogens is 298 g/mol. The number of hydrogen-bond acceptors (Lipinski definition) is 3. The molecule has 0 heterocycles. The highest BCUT2D eigenvalue weighted by Crippen LogP contribution is 2.13. The molecule has 0 rings (SSSR count). The molecule has 0 aliphatic carbocycles. The molecule has 0 aromatic heterocycles. The largest absolute Gasteiger partial charge is 0.354 e. The van der Waals surface area contributed by atoms with Gasteiger partial charge in [0.2, 0.25) is 11.8 Å². The van der Waals surface area contributed by atoms with E-state index in [1.54, 1.807) is 0 Å². The fourth-order valence-corrected chi connectivity index (χ4v) is 1.91. The van der Waals surface area contributed by atoms with Crippen LogP contribution in [0.3, 0.4) is 0 Å². The molecule has 0 aromatic carbocycles. The Bertz CT molecular complexity index is 260. The minimum absolute atomic E-state index is 0.000749. The van der Waals surface area contributed by atoms with Crippen molar-refractivity contribution in [3.8, 4) is 0 Å². The van der Waals surface area contributed by atoms with Crippen LogP contribution in [0.1, 0.15) is 26.7 Å². The molecule has 2 amide bonds. The number of rotatable bonds is 9. The Morgan fingerprint density at radius 1 is 1.17 bits per heavy atom. The lowest BCUT2D eigenvalue weighted by Gasteiger charge is -2.16. The van der Waals surface area contributed by atoms with Gasteiger partial charge in [-0.25, -0.2) is 0 Å². The molecule has 5 nitrogen and oxygen atoms in total. The van der Waals surface area contributed by atoms with Crippen molar-refractivity contribution in [1.82, 2.24) is 10.6 Å². The number of nitrogens with two attached hydrogens (primary N) is 1. The van der Waals surface area contributed by atoms with E-state index in [2.05, 4.69) is 40.4 Å². The van der Waals surface area contributed by atoms with Crippen molar-refractivity contribution in [2.24, 2.45) is 17.6 Å². The van der Waals surface area contributed by atoms with E-state index in [9.17, 15) is 9.59 Å². The van der Waals surface area contributed by atoms with Crippen LogP contribution in [0.4, 0.5) is 0 Å². The normalized spacial score (nSPS) is 12.3. The van der Waals surface area contributed by atoms with Crippen LogP contribution in [0.25, 0.3) is 0 Å². The maximum Gasteiger partial charge on any atom is 0.230 e. The van der Waals surface area contributed by atoms with Crippen LogP contribution in [0.15, 0.2) is 0 Å². The number of carbonyl (C=O) groups excluding carboxylic acids is 2. The molecule has 0 aliphatic rings. The SMILES string of the molecule is CC(C)C[C@H](CN)CC(=O)NCCNC(=O)CBr. The first kappa shape index (κ1) is 17.4. The molecule has 106 valence electrons. The zero-order valence-electron chi connectivity index (χ0n) is 11.2. The minimum Gasteiger partial charge on any atom is -0.354 e. The Labute approximate surface area is 117 Å². The number of halogens is 1. The number of nitrogens with one attached hydrogen (secondary N) is 2. The summed E-state index contributed by atoms with van der Waals surface area (Å²) in [5.41, 5.74) is 5.64. The first-order chi connectivity index (χ1) is 8.49. The van der Waals surface area contributed by atoms with Crippen molar-refractivity contribution in [3.05, 3.63) is 0 Å². The van der Waals surface area contributed by atoms with Crippen LogP contribution in [0, 0.1) is 11.8 Å². The summed E-state index contributed by atoms with van der Waals surface area (Å²) in [4.78, 5) is 22.5. The molecule has 1 atom stereocenters. The van der Waals surface area contributed by atoms with E-state index < -0.39 is 0 Å². The molecule has 4 N–H and O–H groups in total. The molecule has 0 aromatic rings. The Balaban J connectivity index is 3.72. The molecule has 0 saturated heterocycles. The maximum absolute atomic E-state index is 11.6. The van der Waals surface area contributed by atoms with Gasteiger partial charge in [0.05, 0.1) is 5.33 Å². The van der Waals surface area contributed by atoms with Crippen molar-refractivity contribution in [2.45, 2.75) is 26.7 Å². The highest BCUT2D eigenvalue weighted by Gasteiger charge is 2.13. The van der Waals surface area contributed by atoms with Gasteiger partial charge < -0.3 is 16.4 Å². The second kappa shape index (κ2) is 10.3. The second-order valence-electron chi connectivity index (χ2n) is 4.77. The minimum atomic E-state index is -0.0797. The van der Waals surface area contributed by atoms with Gasteiger partial charge >= 0.3 is 0 Å². The van der Waals surface area contributed by atoms with Crippen LogP contribution >= 0.6 is 15.9 Å². The van der Waals surface area contributed by atoms with Crippen LogP contribution in [-0.4, -0.2) is 36.8 Å². The van der Waals surface area contributed by atoms with E-state index in [0.717, 1.165) is 6.42 Å². The average molecular weight is 322 g/mol. The van der Waals surface area contributed by atoms with E-state index in [1.807, 2.05) is 0 Å². The first-order valence-corrected chi connectivity index (χ1v) is 7.41. The van der Waals surface area contributed by atoms with Crippen molar-refractivity contribution in [3.63, 3.8) is 0 Å². The summed E-state index contributed by atoms with van der Waals surface area (Å²) in [7, 11) is 0. The molecular formula is C12H24BrN3O2. The molecule has 6 heteroatoms.